The van der Waals surface area contributed by atoms with Gasteiger partial charge in [0.1, 0.15) is 0 Å². The molecule has 1 heterocycles. The molecule has 4 nitrogen and oxygen atoms in total. The van der Waals surface area contributed by atoms with E-state index in [1.165, 1.54) is 4.90 Å². The molecule has 0 saturated carbocycles. The van der Waals surface area contributed by atoms with Crippen LogP contribution in [0.5, 0.6) is 0 Å². The standard InChI is InChI=1S/C20H24ClN3OS/c21-18-8-4-5-9-19(18)24-13-11-23(12-14-24)16-20(25)22-10-15-26-17-6-2-1-3-7-17/h1-9H,10-16H2,(H,22,25). The summed E-state index contributed by atoms with van der Waals surface area (Å²) in [6.07, 6.45) is 0. The summed E-state index contributed by atoms with van der Waals surface area (Å²) in [5.74, 6) is 0.987. The highest BCUT2D eigenvalue weighted by Gasteiger charge is 2.20. The lowest BCUT2D eigenvalue weighted by Crippen LogP contribution is -2.49. The molecule has 1 amide bonds. The molecule has 0 unspecified atom stereocenters. The van der Waals surface area contributed by atoms with Gasteiger partial charge in [0, 0.05) is 43.4 Å². The molecule has 2 aromatic carbocycles. The lowest BCUT2D eigenvalue weighted by molar-refractivity contribution is -0.122. The Morgan fingerprint density at radius 3 is 2.42 bits per heavy atom. The Bertz CT molecular complexity index is 705. The molecule has 0 atom stereocenters. The summed E-state index contributed by atoms with van der Waals surface area (Å²) in [6, 6.07) is 18.2. The molecular formula is C20H24ClN3OS. The minimum atomic E-state index is 0.102. The molecule has 2 aromatic rings. The maximum Gasteiger partial charge on any atom is 0.234 e. The Kier molecular flexibility index (Phi) is 7.23. The van der Waals surface area contributed by atoms with E-state index >= 15 is 0 Å². The minimum absolute atomic E-state index is 0.102. The number of piperazine rings is 1. The second-order valence-electron chi connectivity index (χ2n) is 6.23. The van der Waals surface area contributed by atoms with Crippen molar-refractivity contribution in [2.75, 3.05) is 49.9 Å². The molecule has 138 valence electrons. The zero-order valence-electron chi connectivity index (χ0n) is 14.7. The molecule has 1 N–H and O–H groups in total. The highest BCUT2D eigenvalue weighted by Crippen LogP contribution is 2.25. The van der Waals surface area contributed by atoms with Gasteiger partial charge >= 0.3 is 0 Å². The van der Waals surface area contributed by atoms with Gasteiger partial charge in [-0.1, -0.05) is 41.9 Å². The molecule has 1 aliphatic heterocycles. The summed E-state index contributed by atoms with van der Waals surface area (Å²) >= 11 is 8.03. The fraction of sp³-hybridized carbons (Fsp3) is 0.350. The summed E-state index contributed by atoms with van der Waals surface area (Å²) in [5.41, 5.74) is 1.08. The predicted molar refractivity (Wildman–Crippen MR) is 110 cm³/mol. The van der Waals surface area contributed by atoms with Gasteiger partial charge in [-0.05, 0) is 24.3 Å². The fourth-order valence-corrected chi connectivity index (χ4v) is 4.03. The number of thioether (sulfide) groups is 1. The fourth-order valence-electron chi connectivity index (χ4n) is 2.99. The summed E-state index contributed by atoms with van der Waals surface area (Å²) in [4.78, 5) is 17.9. The monoisotopic (exact) mass is 389 g/mol. The number of carbonyl (C=O) groups excluding carboxylic acids is 1. The van der Waals surface area contributed by atoms with Crippen LogP contribution in [0.15, 0.2) is 59.5 Å². The van der Waals surface area contributed by atoms with Gasteiger partial charge < -0.3 is 10.2 Å². The number of hydrogen-bond donors (Lipinski definition) is 1. The van der Waals surface area contributed by atoms with Crippen molar-refractivity contribution >= 4 is 35.0 Å². The third-order valence-corrected chi connectivity index (χ3v) is 5.70. The van der Waals surface area contributed by atoms with Crippen molar-refractivity contribution in [2.24, 2.45) is 0 Å². The van der Waals surface area contributed by atoms with E-state index in [0.29, 0.717) is 13.1 Å². The number of rotatable bonds is 7. The number of amides is 1. The quantitative estimate of drug-likeness (QED) is 0.581. The van der Waals surface area contributed by atoms with Crippen molar-refractivity contribution in [1.29, 1.82) is 0 Å². The largest absolute Gasteiger partial charge is 0.368 e. The molecule has 0 aromatic heterocycles. The molecule has 1 saturated heterocycles. The van der Waals surface area contributed by atoms with Gasteiger partial charge in [-0.2, -0.15) is 0 Å². The number of anilines is 1. The van der Waals surface area contributed by atoms with E-state index < -0.39 is 0 Å². The van der Waals surface area contributed by atoms with Gasteiger partial charge in [0.25, 0.3) is 0 Å². The Labute approximate surface area is 164 Å². The van der Waals surface area contributed by atoms with Crippen molar-refractivity contribution in [1.82, 2.24) is 10.2 Å². The van der Waals surface area contributed by atoms with Gasteiger partial charge in [0.2, 0.25) is 5.91 Å². The lowest BCUT2D eigenvalue weighted by Gasteiger charge is -2.36. The zero-order valence-corrected chi connectivity index (χ0v) is 16.3. The summed E-state index contributed by atoms with van der Waals surface area (Å²) < 4.78 is 0. The van der Waals surface area contributed by atoms with Crippen molar-refractivity contribution in [3.05, 3.63) is 59.6 Å². The van der Waals surface area contributed by atoms with E-state index in [1.54, 1.807) is 11.8 Å². The van der Waals surface area contributed by atoms with Crippen LogP contribution in [-0.4, -0.2) is 55.8 Å². The van der Waals surface area contributed by atoms with Crippen LogP contribution in [0.4, 0.5) is 5.69 Å². The van der Waals surface area contributed by atoms with Crippen LogP contribution in [0.1, 0.15) is 0 Å². The third kappa shape index (κ3) is 5.66. The van der Waals surface area contributed by atoms with Gasteiger partial charge in [-0.15, -0.1) is 11.8 Å². The first-order valence-corrected chi connectivity index (χ1v) is 10.2. The van der Waals surface area contributed by atoms with E-state index in [1.807, 2.05) is 36.4 Å². The minimum Gasteiger partial charge on any atom is -0.368 e. The molecule has 0 radical (unpaired) electrons. The lowest BCUT2D eigenvalue weighted by atomic mass is 10.2. The Morgan fingerprint density at radius 2 is 1.69 bits per heavy atom. The van der Waals surface area contributed by atoms with Crippen molar-refractivity contribution in [3.63, 3.8) is 0 Å². The zero-order chi connectivity index (χ0) is 18.2. The molecular weight excluding hydrogens is 366 g/mol. The van der Waals surface area contributed by atoms with E-state index in [2.05, 4.69) is 33.3 Å². The third-order valence-electron chi connectivity index (χ3n) is 4.37. The first-order valence-electron chi connectivity index (χ1n) is 8.89. The molecule has 0 aliphatic carbocycles. The highest BCUT2D eigenvalue weighted by molar-refractivity contribution is 7.99. The van der Waals surface area contributed by atoms with Crippen LogP contribution in [0.25, 0.3) is 0 Å². The number of benzene rings is 2. The van der Waals surface area contributed by atoms with Crippen LogP contribution >= 0.6 is 23.4 Å². The van der Waals surface area contributed by atoms with Crippen LogP contribution in [0, 0.1) is 0 Å². The van der Waals surface area contributed by atoms with Gasteiger partial charge in [-0.3, -0.25) is 9.69 Å². The van der Waals surface area contributed by atoms with Gasteiger partial charge in [-0.25, -0.2) is 0 Å². The number of hydrogen-bond acceptors (Lipinski definition) is 4. The molecule has 0 bridgehead atoms. The first kappa shape index (κ1) is 19.1. The SMILES string of the molecule is O=C(CN1CCN(c2ccccc2Cl)CC1)NCCSc1ccccc1. The average Bonchev–Trinajstić information content (AvgIpc) is 2.67. The van der Waals surface area contributed by atoms with Crippen LogP contribution in [0.3, 0.4) is 0 Å². The second-order valence-corrected chi connectivity index (χ2v) is 7.80. The number of halogens is 1. The molecule has 1 fully saturated rings. The summed E-state index contributed by atoms with van der Waals surface area (Å²) in [7, 11) is 0. The van der Waals surface area contributed by atoms with Crippen LogP contribution in [-0.2, 0) is 4.79 Å². The maximum atomic E-state index is 12.1. The van der Waals surface area contributed by atoms with Crippen LogP contribution < -0.4 is 10.2 Å². The first-order chi connectivity index (χ1) is 12.7. The van der Waals surface area contributed by atoms with E-state index in [0.717, 1.165) is 42.6 Å². The predicted octanol–water partition coefficient (Wildman–Crippen LogP) is 3.37. The van der Waals surface area contributed by atoms with Gasteiger partial charge in [0.15, 0.2) is 0 Å². The van der Waals surface area contributed by atoms with Crippen molar-refractivity contribution in [2.45, 2.75) is 4.90 Å². The number of para-hydroxylation sites is 1. The Morgan fingerprint density at radius 1 is 1.00 bits per heavy atom. The average molecular weight is 390 g/mol. The van der Waals surface area contributed by atoms with Crippen LogP contribution in [0.2, 0.25) is 5.02 Å². The summed E-state index contributed by atoms with van der Waals surface area (Å²) in [6.45, 7) is 4.68. The van der Waals surface area contributed by atoms with Gasteiger partial charge in [0.05, 0.1) is 17.3 Å². The Hall–Kier alpha value is -1.69. The molecule has 1 aliphatic rings. The van der Waals surface area contributed by atoms with Crippen molar-refractivity contribution < 1.29 is 4.79 Å². The van der Waals surface area contributed by atoms with E-state index in [-0.39, 0.29) is 5.91 Å². The smallest absolute Gasteiger partial charge is 0.234 e. The second kappa shape index (κ2) is 9.86. The maximum absolute atomic E-state index is 12.1. The van der Waals surface area contributed by atoms with E-state index in [9.17, 15) is 4.79 Å². The molecule has 6 heteroatoms. The molecule has 0 spiro atoms. The number of carbonyl (C=O) groups is 1. The van der Waals surface area contributed by atoms with E-state index in [4.69, 9.17) is 11.6 Å². The topological polar surface area (TPSA) is 35.6 Å². The number of nitrogens with one attached hydrogen (secondary N) is 1. The molecule has 3 rings (SSSR count). The highest BCUT2D eigenvalue weighted by atomic mass is 35.5. The normalized spacial score (nSPS) is 15.0. The van der Waals surface area contributed by atoms with Crippen molar-refractivity contribution in [3.8, 4) is 0 Å². The number of nitrogens with zero attached hydrogens (tertiary/aromatic N) is 2. The summed E-state index contributed by atoms with van der Waals surface area (Å²) in [5, 5.41) is 3.80. The Balaban J connectivity index is 1.34. The molecule has 26 heavy (non-hydrogen) atoms.